The molecule has 0 aliphatic carbocycles. The fraction of sp³-hybridized carbons (Fsp3) is 0.176. The number of benzene rings is 2. The van der Waals surface area contributed by atoms with Crippen LogP contribution in [0.2, 0.25) is 10.0 Å². The van der Waals surface area contributed by atoms with Crippen LogP contribution in [-0.4, -0.2) is 29.1 Å². The smallest absolute Gasteiger partial charge is 0.337 e. The highest BCUT2D eigenvalue weighted by Gasteiger charge is 2.44. The Bertz CT molecular complexity index is 914. The number of carbonyl (C=O) groups is 2. The van der Waals surface area contributed by atoms with E-state index in [2.05, 4.69) is 4.74 Å². The maximum atomic E-state index is 12.2. The molecule has 0 aromatic heterocycles. The van der Waals surface area contributed by atoms with Crippen LogP contribution in [0.3, 0.4) is 0 Å². The van der Waals surface area contributed by atoms with Gasteiger partial charge in [-0.05, 0) is 42.8 Å². The predicted octanol–water partition coefficient (Wildman–Crippen LogP) is 4.08. The first-order valence-electron chi connectivity index (χ1n) is 7.19. The lowest BCUT2D eigenvalue weighted by molar-refractivity contribution is -0.385. The van der Waals surface area contributed by atoms with E-state index in [-0.39, 0.29) is 26.7 Å². The summed E-state index contributed by atoms with van der Waals surface area (Å²) in [6.45, 7) is 1.26. The van der Waals surface area contributed by atoms with E-state index in [0.717, 1.165) is 6.07 Å². The van der Waals surface area contributed by atoms with Crippen molar-refractivity contribution >= 4 is 40.8 Å². The van der Waals surface area contributed by atoms with E-state index in [9.17, 15) is 24.8 Å². The Morgan fingerprint density at radius 1 is 1.15 bits per heavy atom. The number of carbonyl (C=O) groups excluding carboxylic acids is 1. The van der Waals surface area contributed by atoms with E-state index in [1.165, 1.54) is 44.4 Å². The fourth-order valence-corrected chi connectivity index (χ4v) is 3.08. The molecule has 0 saturated carbocycles. The van der Waals surface area contributed by atoms with E-state index in [1.54, 1.807) is 0 Å². The van der Waals surface area contributed by atoms with E-state index in [0.29, 0.717) is 0 Å². The molecule has 0 bridgehead atoms. The summed E-state index contributed by atoms with van der Waals surface area (Å²) in [6, 6.07) is 7.56. The summed E-state index contributed by atoms with van der Waals surface area (Å²) in [5, 5.41) is 21.5. The zero-order chi connectivity index (χ0) is 19.6. The second kappa shape index (κ2) is 7.31. The van der Waals surface area contributed by atoms with Crippen LogP contribution in [-0.2, 0) is 14.9 Å². The third-order valence-corrected chi connectivity index (χ3v) is 4.61. The maximum Gasteiger partial charge on any atom is 0.337 e. The quantitative estimate of drug-likeness (QED) is 0.462. The standard InChI is InChI=1S/C17H13Cl2NO6/c1-17(16(22)23,12-8-10(18)4-6-14(12)20(24)25)11-7-9(15(21)26-2)3-5-13(11)19/h3-8H,1-2H3,(H,22,23)/t17-/m1/s1. The van der Waals surface area contributed by atoms with Crippen LogP contribution >= 0.6 is 23.2 Å². The molecule has 2 rings (SSSR count). The van der Waals surface area contributed by atoms with Gasteiger partial charge in [0.15, 0.2) is 0 Å². The molecule has 0 heterocycles. The Hall–Kier alpha value is -2.64. The first-order valence-corrected chi connectivity index (χ1v) is 7.94. The molecule has 0 fully saturated rings. The van der Waals surface area contributed by atoms with Crippen molar-refractivity contribution in [3.8, 4) is 0 Å². The van der Waals surface area contributed by atoms with E-state index >= 15 is 0 Å². The first-order chi connectivity index (χ1) is 12.1. The molecule has 2 aromatic rings. The second-order valence-electron chi connectivity index (χ2n) is 5.53. The summed E-state index contributed by atoms with van der Waals surface area (Å²) in [6.07, 6.45) is 0. The number of nitrogens with zero attached hydrogens (tertiary/aromatic N) is 1. The van der Waals surface area contributed by atoms with Crippen molar-refractivity contribution in [1.29, 1.82) is 0 Å². The molecule has 7 nitrogen and oxygen atoms in total. The molecule has 9 heteroatoms. The summed E-state index contributed by atoms with van der Waals surface area (Å²) in [7, 11) is 1.18. The van der Waals surface area contributed by atoms with Gasteiger partial charge in [0.05, 0.1) is 23.2 Å². The number of aliphatic carboxylic acids is 1. The van der Waals surface area contributed by atoms with E-state index < -0.39 is 28.0 Å². The Kier molecular flexibility index (Phi) is 5.53. The monoisotopic (exact) mass is 397 g/mol. The largest absolute Gasteiger partial charge is 0.480 e. The topological polar surface area (TPSA) is 107 Å². The highest BCUT2D eigenvalue weighted by atomic mass is 35.5. The van der Waals surface area contributed by atoms with Crippen molar-refractivity contribution in [2.45, 2.75) is 12.3 Å². The molecule has 136 valence electrons. The van der Waals surface area contributed by atoms with Gasteiger partial charge >= 0.3 is 11.9 Å². The van der Waals surface area contributed by atoms with Crippen LogP contribution in [0.4, 0.5) is 5.69 Å². The van der Waals surface area contributed by atoms with Gasteiger partial charge in [0.2, 0.25) is 0 Å². The number of ether oxygens (including phenoxy) is 1. The zero-order valence-corrected chi connectivity index (χ0v) is 15.2. The minimum Gasteiger partial charge on any atom is -0.480 e. The molecular weight excluding hydrogens is 385 g/mol. The summed E-state index contributed by atoms with van der Waals surface area (Å²) in [5.41, 5.74) is -2.47. The van der Waals surface area contributed by atoms with Crippen molar-refractivity contribution in [2.75, 3.05) is 7.11 Å². The fourth-order valence-electron chi connectivity index (χ4n) is 2.60. The van der Waals surface area contributed by atoms with Gasteiger partial charge in [0.1, 0.15) is 5.41 Å². The Morgan fingerprint density at radius 3 is 2.35 bits per heavy atom. The van der Waals surface area contributed by atoms with Crippen molar-refractivity contribution in [3.05, 3.63) is 73.2 Å². The molecular formula is C17H13Cl2NO6. The number of hydrogen-bond acceptors (Lipinski definition) is 5. The molecule has 2 aromatic carbocycles. The molecule has 0 aliphatic heterocycles. The van der Waals surface area contributed by atoms with Gasteiger partial charge < -0.3 is 9.84 Å². The molecule has 1 atom stereocenters. The van der Waals surface area contributed by atoms with Gasteiger partial charge in [-0.3, -0.25) is 14.9 Å². The van der Waals surface area contributed by atoms with Crippen LogP contribution in [0.25, 0.3) is 0 Å². The van der Waals surface area contributed by atoms with E-state index in [4.69, 9.17) is 23.2 Å². The number of hydrogen-bond donors (Lipinski definition) is 1. The van der Waals surface area contributed by atoms with Gasteiger partial charge in [-0.25, -0.2) is 4.79 Å². The lowest BCUT2D eigenvalue weighted by atomic mass is 9.75. The first kappa shape index (κ1) is 19.7. The minimum atomic E-state index is -1.94. The van der Waals surface area contributed by atoms with Gasteiger partial charge in [-0.1, -0.05) is 23.2 Å². The number of nitro benzene ring substituents is 1. The van der Waals surface area contributed by atoms with Crippen LogP contribution in [0.5, 0.6) is 0 Å². The van der Waals surface area contributed by atoms with Crippen LogP contribution in [0.15, 0.2) is 36.4 Å². The van der Waals surface area contributed by atoms with Crippen LogP contribution in [0.1, 0.15) is 28.4 Å². The second-order valence-corrected chi connectivity index (χ2v) is 6.38. The zero-order valence-electron chi connectivity index (χ0n) is 13.7. The molecule has 0 saturated heterocycles. The average molecular weight is 398 g/mol. The Morgan fingerprint density at radius 2 is 1.81 bits per heavy atom. The lowest BCUT2D eigenvalue weighted by Crippen LogP contribution is -2.35. The normalized spacial score (nSPS) is 12.9. The number of carboxylic acid groups (broad SMARTS) is 1. The Balaban J connectivity index is 2.86. The van der Waals surface area contributed by atoms with Crippen molar-refractivity contribution in [3.63, 3.8) is 0 Å². The highest BCUT2D eigenvalue weighted by Crippen LogP contribution is 2.42. The lowest BCUT2D eigenvalue weighted by Gasteiger charge is -2.27. The molecule has 0 aliphatic rings. The third kappa shape index (κ3) is 3.36. The third-order valence-electron chi connectivity index (χ3n) is 4.05. The number of methoxy groups -OCH3 is 1. The van der Waals surface area contributed by atoms with Gasteiger partial charge in [-0.2, -0.15) is 0 Å². The molecule has 0 amide bonds. The van der Waals surface area contributed by atoms with Gasteiger partial charge in [0.25, 0.3) is 5.69 Å². The Labute approximate surface area is 158 Å². The highest BCUT2D eigenvalue weighted by molar-refractivity contribution is 6.32. The molecule has 0 unspecified atom stereocenters. The molecule has 1 N–H and O–H groups in total. The maximum absolute atomic E-state index is 12.2. The summed E-state index contributed by atoms with van der Waals surface area (Å²) < 4.78 is 4.63. The predicted molar refractivity (Wildman–Crippen MR) is 95.0 cm³/mol. The number of rotatable bonds is 5. The summed E-state index contributed by atoms with van der Waals surface area (Å²) in [5.74, 6) is -2.09. The van der Waals surface area contributed by atoms with E-state index in [1.807, 2.05) is 0 Å². The summed E-state index contributed by atoms with van der Waals surface area (Å²) >= 11 is 12.1. The number of carboxylic acids is 1. The SMILES string of the molecule is COC(=O)c1ccc(Cl)c([C@@](C)(C(=O)O)c2cc(Cl)ccc2[N+](=O)[O-])c1. The van der Waals surface area contributed by atoms with Crippen LogP contribution < -0.4 is 0 Å². The number of esters is 1. The molecule has 26 heavy (non-hydrogen) atoms. The van der Waals surface area contributed by atoms with Crippen molar-refractivity contribution < 1.29 is 24.4 Å². The van der Waals surface area contributed by atoms with Crippen LogP contribution in [0, 0.1) is 10.1 Å². The number of nitro groups is 1. The van der Waals surface area contributed by atoms with Gasteiger partial charge in [0, 0.05) is 16.1 Å². The van der Waals surface area contributed by atoms with Crippen molar-refractivity contribution in [2.24, 2.45) is 0 Å². The van der Waals surface area contributed by atoms with Crippen molar-refractivity contribution in [1.82, 2.24) is 0 Å². The van der Waals surface area contributed by atoms with Gasteiger partial charge in [-0.15, -0.1) is 0 Å². The number of halogens is 2. The molecule has 0 radical (unpaired) electrons. The minimum absolute atomic E-state index is 0.0000617. The summed E-state index contributed by atoms with van der Waals surface area (Å²) in [4.78, 5) is 34.7. The molecule has 0 spiro atoms. The average Bonchev–Trinajstić information content (AvgIpc) is 2.60.